The van der Waals surface area contributed by atoms with Crippen LogP contribution in [-0.2, 0) is 14.3 Å². The van der Waals surface area contributed by atoms with Gasteiger partial charge in [-0.2, -0.15) is 0 Å². The lowest BCUT2D eigenvalue weighted by Crippen LogP contribution is -2.43. The number of hydrogen-bond donors (Lipinski definition) is 4. The number of nitrogens with two attached hydrogens (primary N) is 2. The molecule has 0 fully saturated rings. The second-order valence-electron chi connectivity index (χ2n) is 3.79. The highest BCUT2D eigenvalue weighted by molar-refractivity contribution is 6.08. The van der Waals surface area contributed by atoms with Crippen LogP contribution in [0.4, 0.5) is 16.2 Å². The second kappa shape index (κ2) is 7.10. The SMILES string of the molecule is CCOC(=O)C(N)C(=O)Nc1cccc(NC(N)=O)c1. The third-order valence-corrected chi connectivity index (χ3v) is 2.22. The van der Waals surface area contributed by atoms with Crippen LogP contribution < -0.4 is 22.1 Å². The summed E-state index contributed by atoms with van der Waals surface area (Å²) in [5.41, 5.74) is 11.2. The Morgan fingerprint density at radius 2 is 1.85 bits per heavy atom. The van der Waals surface area contributed by atoms with Gasteiger partial charge in [0.05, 0.1) is 6.61 Å². The molecule has 108 valence electrons. The van der Waals surface area contributed by atoms with Crippen LogP contribution in [0.1, 0.15) is 6.92 Å². The monoisotopic (exact) mass is 280 g/mol. The van der Waals surface area contributed by atoms with E-state index in [1.165, 1.54) is 6.07 Å². The van der Waals surface area contributed by atoms with Crippen LogP contribution in [0.15, 0.2) is 24.3 Å². The quantitative estimate of drug-likeness (QED) is 0.444. The first-order valence-corrected chi connectivity index (χ1v) is 5.83. The largest absolute Gasteiger partial charge is 0.464 e. The summed E-state index contributed by atoms with van der Waals surface area (Å²) in [4.78, 5) is 33.7. The van der Waals surface area contributed by atoms with E-state index in [0.717, 1.165) is 0 Å². The lowest BCUT2D eigenvalue weighted by Gasteiger charge is -2.12. The predicted molar refractivity (Wildman–Crippen MR) is 72.9 cm³/mol. The average Bonchev–Trinajstić information content (AvgIpc) is 2.37. The average molecular weight is 280 g/mol. The van der Waals surface area contributed by atoms with Crippen LogP contribution in [0.3, 0.4) is 0 Å². The van der Waals surface area contributed by atoms with Crippen molar-refractivity contribution >= 4 is 29.3 Å². The molecule has 0 heterocycles. The van der Waals surface area contributed by atoms with Crippen molar-refractivity contribution in [3.63, 3.8) is 0 Å². The maximum atomic E-state index is 11.7. The molecular weight excluding hydrogens is 264 g/mol. The van der Waals surface area contributed by atoms with E-state index < -0.39 is 23.9 Å². The molecule has 0 aromatic heterocycles. The standard InChI is InChI=1S/C12H16N4O4/c1-2-20-11(18)9(13)10(17)15-7-4-3-5-8(6-7)16-12(14)19/h3-6,9H,2,13H2,1H3,(H,15,17)(H3,14,16,19). The predicted octanol–water partition coefficient (Wildman–Crippen LogP) is 0.00610. The van der Waals surface area contributed by atoms with Gasteiger partial charge >= 0.3 is 12.0 Å². The van der Waals surface area contributed by atoms with Gasteiger partial charge in [0.25, 0.3) is 5.91 Å². The third-order valence-electron chi connectivity index (χ3n) is 2.22. The molecule has 0 saturated carbocycles. The minimum absolute atomic E-state index is 0.137. The van der Waals surface area contributed by atoms with Crippen LogP contribution in [0.2, 0.25) is 0 Å². The topological polar surface area (TPSA) is 137 Å². The maximum Gasteiger partial charge on any atom is 0.332 e. The van der Waals surface area contributed by atoms with Gasteiger partial charge in [-0.25, -0.2) is 9.59 Å². The van der Waals surface area contributed by atoms with Crippen molar-refractivity contribution in [3.05, 3.63) is 24.3 Å². The van der Waals surface area contributed by atoms with E-state index in [1.807, 2.05) is 0 Å². The molecule has 1 rings (SSSR count). The van der Waals surface area contributed by atoms with Gasteiger partial charge in [-0.15, -0.1) is 0 Å². The number of nitrogens with one attached hydrogen (secondary N) is 2. The number of benzene rings is 1. The summed E-state index contributed by atoms with van der Waals surface area (Å²) in [6.07, 6.45) is 0. The van der Waals surface area contributed by atoms with Crippen molar-refractivity contribution in [3.8, 4) is 0 Å². The van der Waals surface area contributed by atoms with E-state index in [-0.39, 0.29) is 6.61 Å². The fraction of sp³-hybridized carbons (Fsp3) is 0.250. The Bertz CT molecular complexity index is 518. The first-order chi connectivity index (χ1) is 9.43. The normalized spacial score (nSPS) is 11.3. The molecule has 0 aliphatic heterocycles. The molecule has 0 radical (unpaired) electrons. The number of esters is 1. The Labute approximate surface area is 115 Å². The maximum absolute atomic E-state index is 11.7. The number of amides is 3. The highest BCUT2D eigenvalue weighted by Gasteiger charge is 2.23. The van der Waals surface area contributed by atoms with E-state index >= 15 is 0 Å². The van der Waals surface area contributed by atoms with Crippen LogP contribution in [0, 0.1) is 0 Å². The summed E-state index contributed by atoms with van der Waals surface area (Å²) in [6.45, 7) is 1.75. The molecule has 1 aromatic rings. The van der Waals surface area contributed by atoms with Crippen molar-refractivity contribution in [1.82, 2.24) is 0 Å². The summed E-state index contributed by atoms with van der Waals surface area (Å²) in [5.74, 6) is -1.52. The number of hydrogen-bond acceptors (Lipinski definition) is 5. The van der Waals surface area contributed by atoms with Gasteiger partial charge in [0, 0.05) is 11.4 Å². The number of rotatable bonds is 5. The molecule has 0 aliphatic carbocycles. The molecule has 0 spiro atoms. The molecule has 3 amide bonds. The molecule has 1 unspecified atom stereocenters. The summed E-state index contributed by atoms with van der Waals surface area (Å²) in [5, 5.41) is 4.79. The number of primary amides is 1. The van der Waals surface area contributed by atoms with Gasteiger partial charge in [0.2, 0.25) is 0 Å². The Kier molecular flexibility index (Phi) is 5.48. The Hall–Kier alpha value is -2.61. The van der Waals surface area contributed by atoms with Crippen LogP contribution in [0.25, 0.3) is 0 Å². The van der Waals surface area contributed by atoms with Gasteiger partial charge in [-0.3, -0.25) is 4.79 Å². The summed E-state index contributed by atoms with van der Waals surface area (Å²) >= 11 is 0. The smallest absolute Gasteiger partial charge is 0.332 e. The minimum atomic E-state index is -1.41. The first-order valence-electron chi connectivity index (χ1n) is 5.83. The van der Waals surface area contributed by atoms with Crippen LogP contribution >= 0.6 is 0 Å². The van der Waals surface area contributed by atoms with Crippen molar-refractivity contribution in [2.45, 2.75) is 13.0 Å². The van der Waals surface area contributed by atoms with Crippen molar-refractivity contribution < 1.29 is 19.1 Å². The highest BCUT2D eigenvalue weighted by Crippen LogP contribution is 2.15. The van der Waals surface area contributed by atoms with Gasteiger partial charge in [-0.1, -0.05) is 6.07 Å². The molecule has 1 atom stereocenters. The van der Waals surface area contributed by atoms with E-state index in [0.29, 0.717) is 11.4 Å². The van der Waals surface area contributed by atoms with Crippen molar-refractivity contribution in [2.24, 2.45) is 11.5 Å². The molecule has 1 aromatic carbocycles. The van der Waals surface area contributed by atoms with E-state index in [1.54, 1.807) is 25.1 Å². The molecule has 20 heavy (non-hydrogen) atoms. The zero-order chi connectivity index (χ0) is 15.1. The number of anilines is 2. The van der Waals surface area contributed by atoms with Gasteiger partial charge in [0.1, 0.15) is 0 Å². The van der Waals surface area contributed by atoms with Gasteiger partial charge in [0.15, 0.2) is 6.04 Å². The lowest BCUT2D eigenvalue weighted by molar-refractivity contribution is -0.146. The fourth-order valence-corrected chi connectivity index (χ4v) is 1.38. The Balaban J connectivity index is 2.70. The lowest BCUT2D eigenvalue weighted by atomic mass is 10.2. The molecule has 8 nitrogen and oxygen atoms in total. The summed E-state index contributed by atoms with van der Waals surface area (Å²) < 4.78 is 4.64. The number of carbonyl (C=O) groups is 3. The third kappa shape index (κ3) is 4.58. The van der Waals surface area contributed by atoms with E-state index in [9.17, 15) is 14.4 Å². The first kappa shape index (κ1) is 15.4. The van der Waals surface area contributed by atoms with E-state index in [4.69, 9.17) is 11.5 Å². The van der Waals surface area contributed by atoms with Crippen LogP contribution in [0.5, 0.6) is 0 Å². The fourth-order valence-electron chi connectivity index (χ4n) is 1.38. The Morgan fingerprint density at radius 1 is 1.25 bits per heavy atom. The number of ether oxygens (including phenoxy) is 1. The van der Waals surface area contributed by atoms with E-state index in [2.05, 4.69) is 15.4 Å². The number of carbonyl (C=O) groups excluding carboxylic acids is 3. The van der Waals surface area contributed by atoms with Crippen molar-refractivity contribution in [1.29, 1.82) is 0 Å². The van der Waals surface area contributed by atoms with Gasteiger partial charge < -0.3 is 26.8 Å². The van der Waals surface area contributed by atoms with Gasteiger partial charge in [-0.05, 0) is 25.1 Å². The summed E-state index contributed by atoms with van der Waals surface area (Å²) in [6, 6.07) is 4.09. The Morgan fingerprint density at radius 3 is 2.40 bits per heavy atom. The second-order valence-corrected chi connectivity index (χ2v) is 3.79. The molecule has 0 aliphatic rings. The molecule has 0 saturated heterocycles. The molecular formula is C12H16N4O4. The van der Waals surface area contributed by atoms with Crippen LogP contribution in [-0.4, -0.2) is 30.6 Å². The molecule has 6 N–H and O–H groups in total. The molecule has 8 heteroatoms. The highest BCUT2D eigenvalue weighted by atomic mass is 16.5. The summed E-state index contributed by atoms with van der Waals surface area (Å²) in [7, 11) is 0. The minimum Gasteiger partial charge on any atom is -0.464 e. The molecule has 0 bridgehead atoms. The zero-order valence-electron chi connectivity index (χ0n) is 10.9. The van der Waals surface area contributed by atoms with Crippen molar-refractivity contribution in [2.75, 3.05) is 17.2 Å². The zero-order valence-corrected chi connectivity index (χ0v) is 10.9. The number of urea groups is 1.